The topological polar surface area (TPSA) is 58.8 Å². The van der Waals surface area contributed by atoms with Gasteiger partial charge in [-0.05, 0) is 51.9 Å². The first-order chi connectivity index (χ1) is 14.0. The molecular weight excluding hydrogens is 383 g/mol. The van der Waals surface area contributed by atoms with Crippen LogP contribution in [0.3, 0.4) is 0 Å². The molecule has 1 aromatic rings. The first-order valence-electron chi connectivity index (χ1n) is 10.5. The summed E-state index contributed by atoms with van der Waals surface area (Å²) in [5.74, 6) is -3.38. The molecule has 0 spiro atoms. The van der Waals surface area contributed by atoms with Gasteiger partial charge < -0.3 is 20.3 Å². The number of amides is 1. The Morgan fingerprint density at radius 1 is 1.00 bits per heavy atom. The van der Waals surface area contributed by atoms with Crippen LogP contribution < -0.4 is 10.5 Å². The maximum Gasteiger partial charge on any atom is 0.225 e. The molecule has 2 saturated heterocycles. The van der Waals surface area contributed by atoms with Gasteiger partial charge in [0.15, 0.2) is 17.4 Å². The number of benzene rings is 1. The Morgan fingerprint density at radius 2 is 1.62 bits per heavy atom. The van der Waals surface area contributed by atoms with Crippen molar-refractivity contribution >= 4 is 5.91 Å². The normalized spacial score (nSPS) is 19.5. The number of hydrogen-bond acceptors (Lipinski definition) is 4. The summed E-state index contributed by atoms with van der Waals surface area (Å²) in [6, 6.07) is 1.22. The first kappa shape index (κ1) is 21.9. The van der Waals surface area contributed by atoms with Gasteiger partial charge in [0, 0.05) is 44.0 Å². The van der Waals surface area contributed by atoms with E-state index >= 15 is 0 Å². The number of rotatable bonds is 7. The van der Waals surface area contributed by atoms with Crippen molar-refractivity contribution in [2.45, 2.75) is 44.6 Å². The van der Waals surface area contributed by atoms with Crippen LogP contribution in [0, 0.1) is 23.4 Å². The molecule has 2 heterocycles. The van der Waals surface area contributed by atoms with Crippen molar-refractivity contribution in [2.24, 2.45) is 11.7 Å². The van der Waals surface area contributed by atoms with E-state index in [9.17, 15) is 18.0 Å². The van der Waals surface area contributed by atoms with Gasteiger partial charge in [-0.25, -0.2) is 13.2 Å². The number of hydrogen-bond donors (Lipinski definition) is 1. The highest BCUT2D eigenvalue weighted by Gasteiger charge is 2.31. The second kappa shape index (κ2) is 10.3. The van der Waals surface area contributed by atoms with E-state index in [1.165, 1.54) is 0 Å². The third-order valence-electron chi connectivity index (χ3n) is 5.87. The minimum Gasteiger partial charge on any atom is -0.484 e. The molecule has 0 aromatic heterocycles. The van der Waals surface area contributed by atoms with Gasteiger partial charge in [0.2, 0.25) is 5.91 Å². The van der Waals surface area contributed by atoms with Crippen LogP contribution in [0.25, 0.3) is 0 Å². The highest BCUT2D eigenvalue weighted by molar-refractivity contribution is 5.79. The van der Waals surface area contributed by atoms with Crippen LogP contribution in [0.15, 0.2) is 12.1 Å². The molecule has 5 nitrogen and oxygen atoms in total. The minimum absolute atomic E-state index is 0.0465. The monoisotopic (exact) mass is 413 g/mol. The largest absolute Gasteiger partial charge is 0.484 e. The molecule has 1 aromatic carbocycles. The van der Waals surface area contributed by atoms with E-state index in [1.54, 1.807) is 0 Å². The summed E-state index contributed by atoms with van der Waals surface area (Å²) < 4.78 is 46.0. The van der Waals surface area contributed by atoms with E-state index in [0.29, 0.717) is 38.1 Å². The Bertz CT molecular complexity index is 665. The van der Waals surface area contributed by atoms with Gasteiger partial charge in [0.25, 0.3) is 0 Å². The van der Waals surface area contributed by atoms with Crippen molar-refractivity contribution in [2.75, 3.05) is 39.3 Å². The summed E-state index contributed by atoms with van der Waals surface area (Å²) in [7, 11) is 0. The molecule has 2 aliphatic rings. The molecular formula is C21H30F3N3O2. The molecule has 162 valence electrons. The van der Waals surface area contributed by atoms with Gasteiger partial charge >= 0.3 is 0 Å². The Hall–Kier alpha value is -1.80. The number of carbonyl (C=O) groups is 1. The van der Waals surface area contributed by atoms with Crippen LogP contribution >= 0.6 is 0 Å². The Morgan fingerprint density at radius 3 is 2.21 bits per heavy atom. The first-order valence-corrected chi connectivity index (χ1v) is 10.5. The zero-order valence-corrected chi connectivity index (χ0v) is 16.7. The molecule has 0 unspecified atom stereocenters. The molecule has 2 N–H and O–H groups in total. The molecule has 3 rings (SSSR count). The summed E-state index contributed by atoms with van der Waals surface area (Å²) >= 11 is 0. The van der Waals surface area contributed by atoms with Crippen LogP contribution in [-0.4, -0.2) is 61.1 Å². The molecule has 0 aliphatic carbocycles. The van der Waals surface area contributed by atoms with Crippen molar-refractivity contribution in [1.29, 1.82) is 0 Å². The summed E-state index contributed by atoms with van der Waals surface area (Å²) in [6.45, 7) is 4.63. The SMILES string of the molecule is NCCCCN1CCC(C(=O)N2CCC(Oc3c(F)cc(F)cc3F)CC2)CC1. The number of piperidine rings is 2. The average Bonchev–Trinajstić information content (AvgIpc) is 2.71. The standard InChI is InChI=1S/C21H30F3N3O2/c22-16-13-18(23)20(19(24)14-16)29-17-5-11-27(12-6-17)21(28)15-3-9-26(10-4-15)8-2-1-7-25/h13-15,17H,1-12,25H2. The van der Waals surface area contributed by atoms with E-state index in [0.717, 1.165) is 51.9 Å². The lowest BCUT2D eigenvalue weighted by atomic mass is 9.94. The quantitative estimate of drug-likeness (QED) is 0.699. The molecule has 1 amide bonds. The number of nitrogens with two attached hydrogens (primary N) is 1. The number of unbranched alkanes of at least 4 members (excludes halogenated alkanes) is 1. The van der Waals surface area contributed by atoms with E-state index in [1.807, 2.05) is 4.90 Å². The van der Waals surface area contributed by atoms with Crippen LogP contribution in [-0.2, 0) is 4.79 Å². The summed E-state index contributed by atoms with van der Waals surface area (Å²) in [6.07, 6.45) is 4.46. The molecule has 8 heteroatoms. The molecule has 2 aliphatic heterocycles. The van der Waals surface area contributed by atoms with Crippen LogP contribution in [0.2, 0.25) is 0 Å². The third kappa shape index (κ3) is 5.85. The number of halogens is 3. The Balaban J connectivity index is 1.43. The Labute approximate surface area is 170 Å². The van der Waals surface area contributed by atoms with Gasteiger partial charge in [-0.3, -0.25) is 4.79 Å². The highest BCUT2D eigenvalue weighted by atomic mass is 19.1. The second-order valence-electron chi connectivity index (χ2n) is 7.95. The van der Waals surface area contributed by atoms with Gasteiger partial charge in [0.1, 0.15) is 11.9 Å². The van der Waals surface area contributed by atoms with Crippen molar-refractivity contribution in [3.8, 4) is 5.75 Å². The average molecular weight is 413 g/mol. The summed E-state index contributed by atoms with van der Waals surface area (Å²) in [5.41, 5.74) is 5.53. The molecule has 0 radical (unpaired) electrons. The Kier molecular flexibility index (Phi) is 7.77. The predicted molar refractivity (Wildman–Crippen MR) is 104 cm³/mol. The molecule has 0 atom stereocenters. The predicted octanol–water partition coefficient (Wildman–Crippen LogP) is 2.92. The fourth-order valence-electron chi connectivity index (χ4n) is 4.14. The van der Waals surface area contributed by atoms with Gasteiger partial charge in [-0.1, -0.05) is 0 Å². The van der Waals surface area contributed by atoms with E-state index in [2.05, 4.69) is 4.90 Å². The maximum atomic E-state index is 13.8. The van der Waals surface area contributed by atoms with E-state index in [-0.39, 0.29) is 11.8 Å². The fourth-order valence-corrected chi connectivity index (χ4v) is 4.14. The van der Waals surface area contributed by atoms with Gasteiger partial charge in [-0.2, -0.15) is 0 Å². The zero-order chi connectivity index (χ0) is 20.8. The van der Waals surface area contributed by atoms with Crippen molar-refractivity contribution in [3.63, 3.8) is 0 Å². The third-order valence-corrected chi connectivity index (χ3v) is 5.87. The second-order valence-corrected chi connectivity index (χ2v) is 7.95. The van der Waals surface area contributed by atoms with E-state index < -0.39 is 29.3 Å². The van der Waals surface area contributed by atoms with Crippen LogP contribution in [0.4, 0.5) is 13.2 Å². The smallest absolute Gasteiger partial charge is 0.225 e. The summed E-state index contributed by atoms with van der Waals surface area (Å²) in [5, 5.41) is 0. The minimum atomic E-state index is -1.04. The van der Waals surface area contributed by atoms with Gasteiger partial charge in [0.05, 0.1) is 0 Å². The number of likely N-dealkylation sites (tertiary alicyclic amines) is 2. The van der Waals surface area contributed by atoms with Crippen molar-refractivity contribution in [3.05, 3.63) is 29.6 Å². The molecule has 2 fully saturated rings. The van der Waals surface area contributed by atoms with Crippen LogP contribution in [0.1, 0.15) is 38.5 Å². The molecule has 29 heavy (non-hydrogen) atoms. The van der Waals surface area contributed by atoms with Crippen molar-refractivity contribution in [1.82, 2.24) is 9.80 Å². The lowest BCUT2D eigenvalue weighted by Crippen LogP contribution is -2.47. The lowest BCUT2D eigenvalue weighted by molar-refractivity contribution is -0.139. The number of ether oxygens (including phenoxy) is 1. The van der Waals surface area contributed by atoms with Gasteiger partial charge in [-0.15, -0.1) is 0 Å². The molecule has 0 bridgehead atoms. The van der Waals surface area contributed by atoms with Crippen molar-refractivity contribution < 1.29 is 22.7 Å². The molecule has 0 saturated carbocycles. The lowest BCUT2D eigenvalue weighted by Gasteiger charge is -2.37. The van der Waals surface area contributed by atoms with Crippen LogP contribution in [0.5, 0.6) is 5.75 Å². The zero-order valence-electron chi connectivity index (χ0n) is 16.7. The number of carbonyl (C=O) groups excluding carboxylic acids is 1. The number of nitrogens with zero attached hydrogens (tertiary/aromatic N) is 2. The fraction of sp³-hybridized carbons (Fsp3) is 0.667. The maximum absolute atomic E-state index is 13.8. The highest BCUT2D eigenvalue weighted by Crippen LogP contribution is 2.27. The summed E-state index contributed by atoms with van der Waals surface area (Å²) in [4.78, 5) is 17.1. The van der Waals surface area contributed by atoms with E-state index in [4.69, 9.17) is 10.5 Å².